The van der Waals surface area contributed by atoms with E-state index in [0.29, 0.717) is 18.7 Å². The zero-order valence-corrected chi connectivity index (χ0v) is 15.5. The molecular formula is C20H25N5O. The molecule has 0 fully saturated rings. The van der Waals surface area contributed by atoms with Crippen LogP contribution >= 0.6 is 0 Å². The zero-order chi connectivity index (χ0) is 18.7. The first-order valence-corrected chi connectivity index (χ1v) is 8.87. The van der Waals surface area contributed by atoms with Gasteiger partial charge in [-0.15, -0.1) is 0 Å². The lowest BCUT2D eigenvalue weighted by molar-refractivity contribution is 0.0954. The first kappa shape index (κ1) is 17.9. The van der Waals surface area contributed by atoms with E-state index in [-0.39, 0.29) is 5.91 Å². The van der Waals surface area contributed by atoms with Crippen LogP contribution in [-0.4, -0.2) is 28.4 Å². The Morgan fingerprint density at radius 1 is 1.23 bits per heavy atom. The molecule has 0 saturated heterocycles. The summed E-state index contributed by atoms with van der Waals surface area (Å²) in [5, 5.41) is 6.34. The average molecular weight is 351 g/mol. The van der Waals surface area contributed by atoms with Crippen LogP contribution in [0.3, 0.4) is 0 Å². The van der Waals surface area contributed by atoms with Crippen LogP contribution in [-0.2, 0) is 6.42 Å². The molecule has 0 aliphatic rings. The van der Waals surface area contributed by atoms with Crippen molar-refractivity contribution in [2.75, 3.05) is 18.4 Å². The van der Waals surface area contributed by atoms with Crippen LogP contribution in [0.1, 0.15) is 34.1 Å². The molecule has 4 N–H and O–H groups in total. The third-order valence-corrected chi connectivity index (χ3v) is 4.45. The molecule has 2 aromatic heterocycles. The van der Waals surface area contributed by atoms with Crippen molar-refractivity contribution in [1.82, 2.24) is 14.7 Å². The predicted molar refractivity (Wildman–Crippen MR) is 105 cm³/mol. The van der Waals surface area contributed by atoms with Gasteiger partial charge >= 0.3 is 0 Å². The molecule has 0 aliphatic carbocycles. The molecule has 0 spiro atoms. The summed E-state index contributed by atoms with van der Waals surface area (Å²) in [5.41, 5.74) is 11.2. The summed E-state index contributed by atoms with van der Waals surface area (Å²) in [5.74, 6) is 0.803. The minimum atomic E-state index is -0.136. The number of hydrogen-bond acceptors (Lipinski definition) is 4. The molecule has 0 atom stereocenters. The number of aryl methyl sites for hydroxylation is 3. The van der Waals surface area contributed by atoms with E-state index in [9.17, 15) is 4.79 Å². The van der Waals surface area contributed by atoms with E-state index in [1.807, 2.05) is 10.6 Å². The van der Waals surface area contributed by atoms with Crippen molar-refractivity contribution >= 4 is 23.1 Å². The summed E-state index contributed by atoms with van der Waals surface area (Å²) in [6.45, 7) is 7.12. The minimum absolute atomic E-state index is 0.136. The van der Waals surface area contributed by atoms with Crippen molar-refractivity contribution in [2.24, 2.45) is 5.73 Å². The van der Waals surface area contributed by atoms with Crippen LogP contribution in [0.4, 0.5) is 11.5 Å². The Kier molecular flexibility index (Phi) is 5.23. The third kappa shape index (κ3) is 3.41. The Morgan fingerprint density at radius 2 is 1.96 bits per heavy atom. The summed E-state index contributed by atoms with van der Waals surface area (Å²) in [6, 6.07) is 9.84. The van der Waals surface area contributed by atoms with Crippen molar-refractivity contribution in [3.05, 3.63) is 58.9 Å². The maximum absolute atomic E-state index is 12.2. The van der Waals surface area contributed by atoms with Crippen molar-refractivity contribution in [1.29, 1.82) is 0 Å². The van der Waals surface area contributed by atoms with Crippen LogP contribution in [0.2, 0.25) is 0 Å². The Bertz CT molecular complexity index is 925. The van der Waals surface area contributed by atoms with E-state index in [1.165, 1.54) is 11.1 Å². The first-order valence-electron chi connectivity index (χ1n) is 8.87. The molecule has 3 rings (SSSR count). The van der Waals surface area contributed by atoms with Gasteiger partial charge in [0.15, 0.2) is 0 Å². The van der Waals surface area contributed by atoms with Crippen LogP contribution in [0.5, 0.6) is 0 Å². The average Bonchev–Trinajstić information content (AvgIpc) is 2.99. The van der Waals surface area contributed by atoms with E-state index in [1.54, 1.807) is 12.1 Å². The molecule has 3 aromatic rings. The number of benzene rings is 1. The number of fused-ring (bicyclic) bond motifs is 1. The number of nitrogens with two attached hydrogens (primary N) is 1. The molecule has 0 saturated carbocycles. The third-order valence-electron chi connectivity index (χ3n) is 4.45. The highest BCUT2D eigenvalue weighted by Gasteiger charge is 2.15. The smallest absolute Gasteiger partial charge is 0.251 e. The number of nitrogens with one attached hydrogen (secondary N) is 2. The number of pyridine rings is 1. The van der Waals surface area contributed by atoms with E-state index in [0.717, 1.165) is 29.3 Å². The number of hydrogen-bond donors (Lipinski definition) is 3. The lowest BCUT2D eigenvalue weighted by Gasteiger charge is -2.13. The highest BCUT2D eigenvalue weighted by atomic mass is 16.1. The second kappa shape index (κ2) is 7.58. The standard InChI is InChI=1S/C20H25N5O/c1-4-16-19(24-18-13(2)6-5-7-14(18)3)25-11-8-15(12-17(25)23-16)20(26)22-10-9-21/h5-8,11-12,24H,4,9-10,21H2,1-3H3,(H,22,26). The van der Waals surface area contributed by atoms with Gasteiger partial charge in [-0.05, 0) is 43.5 Å². The number of amides is 1. The number of carbonyl (C=O) groups is 1. The first-order chi connectivity index (χ1) is 12.5. The molecule has 26 heavy (non-hydrogen) atoms. The number of rotatable bonds is 6. The van der Waals surface area contributed by atoms with Gasteiger partial charge < -0.3 is 16.4 Å². The molecule has 1 aromatic carbocycles. The SMILES string of the molecule is CCc1nc2cc(C(=O)NCCN)ccn2c1Nc1c(C)cccc1C. The number of aromatic nitrogens is 2. The number of nitrogens with zero attached hydrogens (tertiary/aromatic N) is 2. The molecule has 0 bridgehead atoms. The maximum Gasteiger partial charge on any atom is 0.251 e. The van der Waals surface area contributed by atoms with E-state index < -0.39 is 0 Å². The van der Waals surface area contributed by atoms with E-state index in [2.05, 4.69) is 49.6 Å². The molecule has 6 nitrogen and oxygen atoms in total. The highest BCUT2D eigenvalue weighted by Crippen LogP contribution is 2.28. The second-order valence-corrected chi connectivity index (χ2v) is 6.34. The van der Waals surface area contributed by atoms with Crippen LogP contribution in [0, 0.1) is 13.8 Å². The van der Waals surface area contributed by atoms with Gasteiger partial charge in [0.1, 0.15) is 11.5 Å². The molecule has 1 amide bonds. The zero-order valence-electron chi connectivity index (χ0n) is 15.5. The van der Waals surface area contributed by atoms with Gasteiger partial charge in [0, 0.05) is 30.5 Å². The van der Waals surface area contributed by atoms with Crippen LogP contribution in [0.25, 0.3) is 5.65 Å². The molecule has 0 aliphatic heterocycles. The molecule has 6 heteroatoms. The Balaban J connectivity index is 2.01. The molecule has 0 radical (unpaired) electrons. The lowest BCUT2D eigenvalue weighted by atomic mass is 10.1. The summed E-state index contributed by atoms with van der Waals surface area (Å²) >= 11 is 0. The minimum Gasteiger partial charge on any atom is -0.351 e. The van der Waals surface area contributed by atoms with Gasteiger partial charge in [0.25, 0.3) is 5.91 Å². The van der Waals surface area contributed by atoms with Gasteiger partial charge in [-0.1, -0.05) is 25.1 Å². The van der Waals surface area contributed by atoms with Crippen molar-refractivity contribution in [2.45, 2.75) is 27.2 Å². The fraction of sp³-hybridized carbons (Fsp3) is 0.300. The van der Waals surface area contributed by atoms with Crippen molar-refractivity contribution < 1.29 is 4.79 Å². The van der Waals surface area contributed by atoms with Crippen LogP contribution in [0.15, 0.2) is 36.5 Å². The number of para-hydroxylation sites is 1. The van der Waals surface area contributed by atoms with Gasteiger partial charge in [0.2, 0.25) is 0 Å². The largest absolute Gasteiger partial charge is 0.351 e. The topological polar surface area (TPSA) is 84.5 Å². The highest BCUT2D eigenvalue weighted by molar-refractivity contribution is 5.95. The van der Waals surface area contributed by atoms with Gasteiger partial charge in [0.05, 0.1) is 5.69 Å². The van der Waals surface area contributed by atoms with Gasteiger partial charge in [-0.3, -0.25) is 9.20 Å². The normalized spacial score (nSPS) is 10.9. The lowest BCUT2D eigenvalue weighted by Crippen LogP contribution is -2.29. The fourth-order valence-electron chi connectivity index (χ4n) is 3.03. The molecule has 136 valence electrons. The Labute approximate surface area is 153 Å². The monoisotopic (exact) mass is 351 g/mol. The summed E-state index contributed by atoms with van der Waals surface area (Å²) < 4.78 is 1.99. The maximum atomic E-state index is 12.2. The quantitative estimate of drug-likeness (QED) is 0.637. The van der Waals surface area contributed by atoms with Crippen molar-refractivity contribution in [3.63, 3.8) is 0 Å². The number of imidazole rings is 1. The Hall–Kier alpha value is -2.86. The van der Waals surface area contributed by atoms with Crippen molar-refractivity contribution in [3.8, 4) is 0 Å². The second-order valence-electron chi connectivity index (χ2n) is 6.34. The van der Waals surface area contributed by atoms with Crippen LogP contribution < -0.4 is 16.4 Å². The van der Waals surface area contributed by atoms with E-state index in [4.69, 9.17) is 10.7 Å². The summed E-state index contributed by atoms with van der Waals surface area (Å²) in [6.07, 6.45) is 2.68. The van der Waals surface area contributed by atoms with Gasteiger partial charge in [-0.2, -0.15) is 0 Å². The summed E-state index contributed by atoms with van der Waals surface area (Å²) in [4.78, 5) is 16.9. The number of carbonyl (C=O) groups excluding carboxylic acids is 1. The fourth-order valence-corrected chi connectivity index (χ4v) is 3.03. The summed E-state index contributed by atoms with van der Waals surface area (Å²) in [7, 11) is 0. The van der Waals surface area contributed by atoms with Gasteiger partial charge in [-0.25, -0.2) is 4.98 Å². The van der Waals surface area contributed by atoms with E-state index >= 15 is 0 Å². The Morgan fingerprint density at radius 3 is 2.62 bits per heavy atom. The molecule has 0 unspecified atom stereocenters. The number of anilines is 2. The molecule has 2 heterocycles. The predicted octanol–water partition coefficient (Wildman–Crippen LogP) is 2.95. The molecular weight excluding hydrogens is 326 g/mol.